The summed E-state index contributed by atoms with van der Waals surface area (Å²) in [5.41, 5.74) is 7.37. The molecule has 0 aromatic heterocycles. The van der Waals surface area contributed by atoms with Crippen molar-refractivity contribution in [3.8, 4) is 5.75 Å². The lowest BCUT2D eigenvalue weighted by Crippen LogP contribution is -2.19. The SMILES string of the molecule is CCOc1ccc2c(c1)C(c1ccc(Cl)cc1)=NNC(c1ccc(Cl)cc1)=N2. The van der Waals surface area contributed by atoms with Gasteiger partial charge in [-0.25, -0.2) is 4.99 Å². The van der Waals surface area contributed by atoms with Crippen molar-refractivity contribution in [1.29, 1.82) is 0 Å². The van der Waals surface area contributed by atoms with Crippen LogP contribution in [0.5, 0.6) is 5.75 Å². The zero-order chi connectivity index (χ0) is 19.5. The lowest BCUT2D eigenvalue weighted by molar-refractivity contribution is 0.340. The van der Waals surface area contributed by atoms with Crippen LogP contribution in [0.2, 0.25) is 10.0 Å². The van der Waals surface area contributed by atoms with E-state index in [0.717, 1.165) is 33.8 Å². The first-order chi connectivity index (χ1) is 13.6. The fourth-order valence-corrected chi connectivity index (χ4v) is 3.19. The van der Waals surface area contributed by atoms with Crippen LogP contribution in [0.25, 0.3) is 0 Å². The van der Waals surface area contributed by atoms with Crippen LogP contribution in [-0.2, 0) is 0 Å². The van der Waals surface area contributed by atoms with Crippen LogP contribution in [0, 0.1) is 0 Å². The maximum Gasteiger partial charge on any atom is 0.154 e. The topological polar surface area (TPSA) is 46.0 Å². The van der Waals surface area contributed by atoms with E-state index in [1.54, 1.807) is 0 Å². The molecule has 1 heterocycles. The van der Waals surface area contributed by atoms with Crippen LogP contribution < -0.4 is 10.2 Å². The Morgan fingerprint density at radius 2 is 1.50 bits per heavy atom. The molecule has 3 aromatic rings. The molecule has 0 atom stereocenters. The molecule has 4 nitrogen and oxygen atoms in total. The number of ether oxygens (including phenoxy) is 1. The maximum atomic E-state index is 6.06. The van der Waals surface area contributed by atoms with Gasteiger partial charge in [0.15, 0.2) is 5.84 Å². The van der Waals surface area contributed by atoms with Gasteiger partial charge in [-0.3, -0.25) is 5.43 Å². The number of aliphatic imine (C=N–C) groups is 1. The molecule has 0 bridgehead atoms. The Balaban J connectivity index is 1.84. The largest absolute Gasteiger partial charge is 0.494 e. The number of fused-ring (bicyclic) bond motifs is 1. The van der Waals surface area contributed by atoms with Crippen LogP contribution in [0.1, 0.15) is 23.6 Å². The summed E-state index contributed by atoms with van der Waals surface area (Å²) in [6, 6.07) is 20.8. The van der Waals surface area contributed by atoms with E-state index in [1.807, 2.05) is 73.7 Å². The number of rotatable bonds is 4. The number of hydrogen-bond donors (Lipinski definition) is 1. The van der Waals surface area contributed by atoms with E-state index in [1.165, 1.54) is 0 Å². The molecule has 6 heteroatoms. The highest BCUT2D eigenvalue weighted by Crippen LogP contribution is 2.30. The first-order valence-electron chi connectivity index (χ1n) is 8.85. The van der Waals surface area contributed by atoms with Crippen molar-refractivity contribution in [2.24, 2.45) is 10.1 Å². The van der Waals surface area contributed by atoms with Crippen LogP contribution in [0.3, 0.4) is 0 Å². The van der Waals surface area contributed by atoms with E-state index < -0.39 is 0 Å². The summed E-state index contributed by atoms with van der Waals surface area (Å²) in [5, 5.41) is 5.99. The van der Waals surface area contributed by atoms with Crippen LogP contribution in [0.4, 0.5) is 5.69 Å². The number of halogens is 2. The maximum absolute atomic E-state index is 6.06. The van der Waals surface area contributed by atoms with Crippen LogP contribution in [0.15, 0.2) is 76.8 Å². The van der Waals surface area contributed by atoms with Crippen LogP contribution >= 0.6 is 23.2 Å². The fourth-order valence-electron chi connectivity index (χ4n) is 2.94. The third-order valence-corrected chi connectivity index (χ3v) is 4.78. The third kappa shape index (κ3) is 3.88. The van der Waals surface area contributed by atoms with Crippen molar-refractivity contribution < 1.29 is 4.74 Å². The van der Waals surface area contributed by atoms with E-state index in [2.05, 4.69) is 10.5 Å². The van der Waals surface area contributed by atoms with Crippen molar-refractivity contribution in [3.05, 3.63) is 93.5 Å². The average Bonchev–Trinajstić information content (AvgIpc) is 2.89. The van der Waals surface area contributed by atoms with Gasteiger partial charge in [0.05, 0.1) is 12.3 Å². The highest BCUT2D eigenvalue weighted by atomic mass is 35.5. The van der Waals surface area contributed by atoms with Crippen molar-refractivity contribution in [3.63, 3.8) is 0 Å². The zero-order valence-corrected chi connectivity index (χ0v) is 16.6. The Kier molecular flexibility index (Phi) is 5.33. The van der Waals surface area contributed by atoms with Gasteiger partial charge < -0.3 is 4.74 Å². The molecular weight excluding hydrogens is 393 g/mol. The molecule has 0 saturated carbocycles. The third-order valence-electron chi connectivity index (χ3n) is 4.28. The predicted molar refractivity (Wildman–Crippen MR) is 115 cm³/mol. The summed E-state index contributed by atoms with van der Waals surface area (Å²) in [4.78, 5) is 4.80. The van der Waals surface area contributed by atoms with Gasteiger partial charge in [0, 0.05) is 26.7 Å². The Morgan fingerprint density at radius 1 is 0.857 bits per heavy atom. The molecule has 0 aliphatic carbocycles. The van der Waals surface area contributed by atoms with Crippen molar-refractivity contribution in [2.75, 3.05) is 6.61 Å². The number of nitrogens with zero attached hydrogens (tertiary/aromatic N) is 2. The highest BCUT2D eigenvalue weighted by Gasteiger charge is 2.18. The fraction of sp³-hybridized carbons (Fsp3) is 0.0909. The molecule has 0 radical (unpaired) electrons. The second kappa shape index (κ2) is 8.05. The molecule has 3 aromatic carbocycles. The lowest BCUT2D eigenvalue weighted by atomic mass is 10.0. The molecule has 1 N–H and O–H groups in total. The molecule has 28 heavy (non-hydrogen) atoms. The zero-order valence-electron chi connectivity index (χ0n) is 15.1. The number of benzene rings is 3. The minimum absolute atomic E-state index is 0.587. The summed E-state index contributed by atoms with van der Waals surface area (Å²) in [7, 11) is 0. The smallest absolute Gasteiger partial charge is 0.154 e. The quantitative estimate of drug-likeness (QED) is 0.589. The van der Waals surface area contributed by atoms with Crippen molar-refractivity contribution in [2.45, 2.75) is 6.92 Å². The number of nitrogens with one attached hydrogen (secondary N) is 1. The van der Waals surface area contributed by atoms with Gasteiger partial charge in [-0.1, -0.05) is 35.3 Å². The second-order valence-electron chi connectivity index (χ2n) is 6.16. The molecule has 0 amide bonds. The monoisotopic (exact) mass is 409 g/mol. The Labute approximate surface area is 173 Å². The summed E-state index contributed by atoms with van der Waals surface area (Å²) in [6.07, 6.45) is 0. The first kappa shape index (κ1) is 18.5. The standard InChI is InChI=1S/C22H17Cl2N3O/c1-2-28-18-11-12-20-19(13-18)21(14-3-7-16(23)8-4-14)26-27-22(25-20)15-5-9-17(24)10-6-15/h3-13H,2H2,1H3,(H,25,27). The molecule has 0 fully saturated rings. The molecular formula is C22H17Cl2N3O. The van der Waals surface area contributed by atoms with Gasteiger partial charge >= 0.3 is 0 Å². The van der Waals surface area contributed by atoms with E-state index in [4.69, 9.17) is 32.9 Å². The molecule has 1 aliphatic heterocycles. The van der Waals surface area contributed by atoms with E-state index in [0.29, 0.717) is 22.5 Å². The van der Waals surface area contributed by atoms with Crippen molar-refractivity contribution in [1.82, 2.24) is 5.43 Å². The summed E-state index contributed by atoms with van der Waals surface area (Å²) >= 11 is 12.1. The van der Waals surface area contributed by atoms with Gasteiger partial charge in [-0.05, 0) is 61.5 Å². The van der Waals surface area contributed by atoms with Gasteiger partial charge in [-0.15, -0.1) is 0 Å². The predicted octanol–water partition coefficient (Wildman–Crippen LogP) is 5.83. The van der Waals surface area contributed by atoms with E-state index in [-0.39, 0.29) is 0 Å². The van der Waals surface area contributed by atoms with Gasteiger partial charge in [0.2, 0.25) is 0 Å². The number of hydrazone groups is 1. The summed E-state index contributed by atoms with van der Waals surface area (Å²) in [5.74, 6) is 1.42. The molecule has 4 rings (SSSR count). The Morgan fingerprint density at radius 3 is 2.14 bits per heavy atom. The molecule has 140 valence electrons. The van der Waals surface area contributed by atoms with E-state index in [9.17, 15) is 0 Å². The Hall–Kier alpha value is -2.82. The van der Waals surface area contributed by atoms with Gasteiger partial charge in [0.1, 0.15) is 11.5 Å². The highest BCUT2D eigenvalue weighted by molar-refractivity contribution is 6.31. The van der Waals surface area contributed by atoms with Gasteiger partial charge in [-0.2, -0.15) is 5.10 Å². The molecule has 0 spiro atoms. The van der Waals surface area contributed by atoms with Gasteiger partial charge in [0.25, 0.3) is 0 Å². The minimum Gasteiger partial charge on any atom is -0.494 e. The first-order valence-corrected chi connectivity index (χ1v) is 9.61. The molecule has 1 aliphatic rings. The lowest BCUT2D eigenvalue weighted by Gasteiger charge is -2.10. The van der Waals surface area contributed by atoms with Crippen LogP contribution in [-0.4, -0.2) is 18.2 Å². The van der Waals surface area contributed by atoms with Crippen molar-refractivity contribution >= 4 is 40.4 Å². The number of amidine groups is 1. The number of hydrogen-bond acceptors (Lipinski definition) is 4. The average molecular weight is 410 g/mol. The Bertz CT molecular complexity index is 1060. The molecule has 0 saturated heterocycles. The minimum atomic E-state index is 0.587. The normalized spacial score (nSPS) is 13.0. The summed E-state index contributed by atoms with van der Waals surface area (Å²) < 4.78 is 5.68. The second-order valence-corrected chi connectivity index (χ2v) is 7.03. The van der Waals surface area contributed by atoms with E-state index >= 15 is 0 Å². The summed E-state index contributed by atoms with van der Waals surface area (Å²) in [6.45, 7) is 2.54. The molecule has 0 unspecified atom stereocenters.